The first-order valence-corrected chi connectivity index (χ1v) is 8.98. The van der Waals surface area contributed by atoms with E-state index in [9.17, 15) is 4.39 Å². The van der Waals surface area contributed by atoms with Gasteiger partial charge in [-0.25, -0.2) is 4.39 Å². The van der Waals surface area contributed by atoms with E-state index in [4.69, 9.17) is 16.1 Å². The lowest BCUT2D eigenvalue weighted by atomic mass is 10.1. The lowest BCUT2D eigenvalue weighted by Crippen LogP contribution is -2.07. The van der Waals surface area contributed by atoms with Crippen LogP contribution in [-0.4, -0.2) is 29.9 Å². The standard InChI is InChI=1S/C19H16ClFN6O/c1-11(9-16-24-25-18(27(16)2)12-5-7-22-8-6-12)17-23-19(28-26-17)14-10-13(20)3-4-15(14)21/h3-8,10-11H,9H2,1-2H3. The molecule has 0 fully saturated rings. The summed E-state index contributed by atoms with van der Waals surface area (Å²) >= 11 is 5.94. The van der Waals surface area contributed by atoms with Crippen molar-refractivity contribution in [3.63, 3.8) is 0 Å². The van der Waals surface area contributed by atoms with Crippen molar-refractivity contribution in [2.24, 2.45) is 7.05 Å². The Labute approximate surface area is 165 Å². The SMILES string of the molecule is CC(Cc1nnc(-c2ccncc2)n1C)c1noc(-c2cc(Cl)ccc2F)n1. The molecule has 9 heteroatoms. The molecule has 0 amide bonds. The molecule has 3 aromatic heterocycles. The Morgan fingerprint density at radius 2 is 1.96 bits per heavy atom. The number of halogens is 2. The fraction of sp³-hybridized carbons (Fsp3) is 0.211. The Kier molecular flexibility index (Phi) is 4.87. The van der Waals surface area contributed by atoms with Crippen LogP contribution in [-0.2, 0) is 13.5 Å². The normalized spacial score (nSPS) is 12.3. The molecule has 4 aromatic rings. The first-order chi connectivity index (χ1) is 13.5. The summed E-state index contributed by atoms with van der Waals surface area (Å²) in [6.07, 6.45) is 3.97. The van der Waals surface area contributed by atoms with Gasteiger partial charge in [0.2, 0.25) is 0 Å². The average Bonchev–Trinajstić information content (AvgIpc) is 3.32. The van der Waals surface area contributed by atoms with E-state index in [2.05, 4.69) is 25.3 Å². The maximum Gasteiger partial charge on any atom is 0.260 e. The van der Waals surface area contributed by atoms with Gasteiger partial charge in [0, 0.05) is 42.4 Å². The van der Waals surface area contributed by atoms with E-state index in [1.165, 1.54) is 18.2 Å². The van der Waals surface area contributed by atoms with Crippen molar-refractivity contribution in [1.82, 2.24) is 29.9 Å². The predicted octanol–water partition coefficient (Wildman–Crippen LogP) is 4.07. The topological polar surface area (TPSA) is 82.5 Å². The second kappa shape index (κ2) is 7.47. The molecule has 7 nitrogen and oxygen atoms in total. The number of hydrogen-bond acceptors (Lipinski definition) is 6. The Morgan fingerprint density at radius 1 is 1.18 bits per heavy atom. The van der Waals surface area contributed by atoms with Gasteiger partial charge in [0.05, 0.1) is 5.56 Å². The van der Waals surface area contributed by atoms with E-state index >= 15 is 0 Å². The number of benzene rings is 1. The minimum atomic E-state index is -0.470. The van der Waals surface area contributed by atoms with Crippen LogP contribution in [0.25, 0.3) is 22.8 Å². The molecular weight excluding hydrogens is 383 g/mol. The summed E-state index contributed by atoms with van der Waals surface area (Å²) in [7, 11) is 1.90. The zero-order valence-electron chi connectivity index (χ0n) is 15.2. The van der Waals surface area contributed by atoms with E-state index < -0.39 is 5.82 Å². The highest BCUT2D eigenvalue weighted by atomic mass is 35.5. The summed E-state index contributed by atoms with van der Waals surface area (Å²) in [5.74, 6) is 1.51. The molecule has 0 aliphatic carbocycles. The molecule has 4 rings (SSSR count). The molecule has 28 heavy (non-hydrogen) atoms. The highest BCUT2D eigenvalue weighted by Crippen LogP contribution is 2.27. The van der Waals surface area contributed by atoms with Gasteiger partial charge >= 0.3 is 0 Å². The third-order valence-electron chi connectivity index (χ3n) is 4.43. The number of hydrogen-bond donors (Lipinski definition) is 0. The fourth-order valence-corrected chi connectivity index (χ4v) is 3.03. The van der Waals surface area contributed by atoms with Crippen molar-refractivity contribution in [3.05, 3.63) is 65.2 Å². The first kappa shape index (κ1) is 18.2. The van der Waals surface area contributed by atoms with Gasteiger partial charge in [-0.05, 0) is 30.3 Å². The van der Waals surface area contributed by atoms with Gasteiger partial charge in [-0.1, -0.05) is 23.7 Å². The van der Waals surface area contributed by atoms with Gasteiger partial charge in [0.1, 0.15) is 11.6 Å². The zero-order chi connectivity index (χ0) is 19.7. The number of nitrogens with zero attached hydrogens (tertiary/aromatic N) is 6. The Morgan fingerprint density at radius 3 is 2.75 bits per heavy atom. The van der Waals surface area contributed by atoms with Crippen molar-refractivity contribution in [3.8, 4) is 22.8 Å². The number of rotatable bonds is 5. The first-order valence-electron chi connectivity index (χ1n) is 8.60. The maximum atomic E-state index is 14.0. The lowest BCUT2D eigenvalue weighted by molar-refractivity contribution is 0.414. The summed E-state index contributed by atoms with van der Waals surface area (Å²) in [6.45, 7) is 1.95. The summed E-state index contributed by atoms with van der Waals surface area (Å²) < 4.78 is 21.2. The summed E-state index contributed by atoms with van der Waals surface area (Å²) in [6, 6.07) is 7.95. The number of pyridine rings is 1. The van der Waals surface area contributed by atoms with Gasteiger partial charge < -0.3 is 9.09 Å². The fourth-order valence-electron chi connectivity index (χ4n) is 2.86. The lowest BCUT2D eigenvalue weighted by Gasteiger charge is -2.07. The third kappa shape index (κ3) is 3.50. The van der Waals surface area contributed by atoms with Crippen molar-refractivity contribution in [2.75, 3.05) is 0 Å². The quantitative estimate of drug-likeness (QED) is 0.504. The molecule has 3 heterocycles. The molecule has 1 unspecified atom stereocenters. The maximum absolute atomic E-state index is 14.0. The van der Waals surface area contributed by atoms with E-state index in [0.29, 0.717) is 17.3 Å². The largest absolute Gasteiger partial charge is 0.334 e. The van der Waals surface area contributed by atoms with Crippen LogP contribution in [0.5, 0.6) is 0 Å². The van der Waals surface area contributed by atoms with E-state index in [-0.39, 0.29) is 17.4 Å². The van der Waals surface area contributed by atoms with Crippen LogP contribution in [0, 0.1) is 5.82 Å². The molecule has 0 N–H and O–H groups in total. The minimum Gasteiger partial charge on any atom is -0.334 e. The van der Waals surface area contributed by atoms with Gasteiger partial charge in [-0.3, -0.25) is 4.98 Å². The monoisotopic (exact) mass is 398 g/mol. The van der Waals surface area contributed by atoms with E-state index in [0.717, 1.165) is 17.2 Å². The Hall–Kier alpha value is -3.13. The minimum absolute atomic E-state index is 0.0947. The van der Waals surface area contributed by atoms with Crippen LogP contribution >= 0.6 is 11.6 Å². The Balaban J connectivity index is 1.55. The van der Waals surface area contributed by atoms with Gasteiger partial charge in [0.15, 0.2) is 11.6 Å². The van der Waals surface area contributed by atoms with Gasteiger partial charge in [-0.2, -0.15) is 4.98 Å². The van der Waals surface area contributed by atoms with Gasteiger partial charge in [-0.15, -0.1) is 10.2 Å². The Bertz CT molecular complexity index is 1110. The molecule has 1 atom stereocenters. The molecule has 0 spiro atoms. The average molecular weight is 399 g/mol. The van der Waals surface area contributed by atoms with Gasteiger partial charge in [0.25, 0.3) is 5.89 Å². The van der Waals surface area contributed by atoms with Crippen molar-refractivity contribution in [2.45, 2.75) is 19.3 Å². The van der Waals surface area contributed by atoms with Crippen LogP contribution in [0.4, 0.5) is 4.39 Å². The van der Waals surface area contributed by atoms with Crippen molar-refractivity contribution >= 4 is 11.6 Å². The molecule has 0 saturated carbocycles. The molecule has 0 bridgehead atoms. The second-order valence-corrected chi connectivity index (χ2v) is 6.86. The predicted molar refractivity (Wildman–Crippen MR) is 101 cm³/mol. The zero-order valence-corrected chi connectivity index (χ0v) is 15.9. The highest BCUT2D eigenvalue weighted by Gasteiger charge is 2.20. The van der Waals surface area contributed by atoms with Crippen molar-refractivity contribution < 1.29 is 8.91 Å². The number of aromatic nitrogens is 6. The van der Waals surface area contributed by atoms with Crippen LogP contribution in [0.1, 0.15) is 24.5 Å². The molecule has 0 saturated heterocycles. The highest BCUT2D eigenvalue weighted by molar-refractivity contribution is 6.30. The summed E-state index contributed by atoms with van der Waals surface area (Å²) in [4.78, 5) is 8.35. The molecule has 142 valence electrons. The van der Waals surface area contributed by atoms with E-state index in [1.54, 1.807) is 12.4 Å². The van der Waals surface area contributed by atoms with E-state index in [1.807, 2.05) is 30.7 Å². The molecule has 1 aromatic carbocycles. The molecule has 0 radical (unpaired) electrons. The summed E-state index contributed by atoms with van der Waals surface area (Å²) in [5, 5.41) is 12.9. The van der Waals surface area contributed by atoms with Crippen LogP contribution in [0.15, 0.2) is 47.2 Å². The second-order valence-electron chi connectivity index (χ2n) is 6.42. The summed E-state index contributed by atoms with van der Waals surface area (Å²) in [5.41, 5.74) is 1.11. The van der Waals surface area contributed by atoms with Crippen LogP contribution < -0.4 is 0 Å². The molecule has 0 aliphatic heterocycles. The molecular formula is C19H16ClFN6O. The molecule has 0 aliphatic rings. The van der Waals surface area contributed by atoms with Crippen LogP contribution in [0.3, 0.4) is 0 Å². The van der Waals surface area contributed by atoms with Crippen LogP contribution in [0.2, 0.25) is 5.02 Å². The third-order valence-corrected chi connectivity index (χ3v) is 4.67. The van der Waals surface area contributed by atoms with Crippen molar-refractivity contribution in [1.29, 1.82) is 0 Å². The smallest absolute Gasteiger partial charge is 0.260 e.